The molecule has 0 spiro atoms. The minimum Gasteiger partial charge on any atom is -0.350 e. The maximum absolute atomic E-state index is 11.9. The van der Waals surface area contributed by atoms with Gasteiger partial charge in [-0.25, -0.2) is 4.68 Å². The molecule has 2 rings (SSSR count). The maximum atomic E-state index is 11.9. The number of hydrogen-bond donors (Lipinski definition) is 1. The molecule has 0 bridgehead atoms. The number of halogens is 3. The second-order valence-corrected chi connectivity index (χ2v) is 6.26. The molecule has 0 radical (unpaired) electrons. The molecule has 0 unspecified atom stereocenters. The monoisotopic (exact) mass is 433 g/mol. The molecule has 110 valence electrons. The Hall–Kier alpha value is -1.18. The van der Waals surface area contributed by atoms with Gasteiger partial charge in [0.25, 0.3) is 5.56 Å². The second kappa shape index (κ2) is 7.20. The van der Waals surface area contributed by atoms with E-state index in [1.807, 2.05) is 12.1 Å². The average Bonchev–Trinajstić information content (AvgIpc) is 2.47. The van der Waals surface area contributed by atoms with Gasteiger partial charge in [-0.1, -0.05) is 23.7 Å². The van der Waals surface area contributed by atoms with Gasteiger partial charge in [-0.2, -0.15) is 5.10 Å². The van der Waals surface area contributed by atoms with Crippen molar-refractivity contribution >= 4 is 49.4 Å². The lowest BCUT2D eigenvalue weighted by Gasteiger charge is -2.07. The van der Waals surface area contributed by atoms with Crippen LogP contribution in [0.15, 0.2) is 44.2 Å². The third kappa shape index (κ3) is 4.39. The molecule has 1 heterocycles. The zero-order valence-corrected chi connectivity index (χ0v) is 14.6. The molecule has 2 aromatic rings. The first kappa shape index (κ1) is 16.2. The van der Waals surface area contributed by atoms with Crippen LogP contribution in [0.25, 0.3) is 0 Å². The standard InChI is InChI=1S/C13H10Br2ClN3O2/c14-10-6-18-19(13(21)12(10)15)7-11(20)17-5-8-1-3-9(16)4-2-8/h1-4,6H,5,7H2,(H,17,20). The molecule has 5 nitrogen and oxygen atoms in total. The van der Waals surface area contributed by atoms with Crippen LogP contribution < -0.4 is 10.9 Å². The molecule has 0 saturated carbocycles. The average molecular weight is 436 g/mol. The number of carbonyl (C=O) groups is 1. The maximum Gasteiger partial charge on any atom is 0.282 e. The van der Waals surface area contributed by atoms with Crippen LogP contribution in [-0.4, -0.2) is 15.7 Å². The van der Waals surface area contributed by atoms with E-state index >= 15 is 0 Å². The normalized spacial score (nSPS) is 10.4. The van der Waals surface area contributed by atoms with Gasteiger partial charge in [0, 0.05) is 11.6 Å². The summed E-state index contributed by atoms with van der Waals surface area (Å²) in [5, 5.41) is 7.25. The van der Waals surface area contributed by atoms with Crippen molar-refractivity contribution in [3.8, 4) is 0 Å². The summed E-state index contributed by atoms with van der Waals surface area (Å²) in [6.45, 7) is 0.223. The van der Waals surface area contributed by atoms with Gasteiger partial charge in [-0.15, -0.1) is 0 Å². The third-order valence-corrected chi connectivity index (χ3v) is 4.79. The van der Waals surface area contributed by atoms with E-state index in [9.17, 15) is 9.59 Å². The summed E-state index contributed by atoms with van der Waals surface area (Å²) in [6, 6.07) is 7.15. The van der Waals surface area contributed by atoms with E-state index in [1.165, 1.54) is 6.20 Å². The lowest BCUT2D eigenvalue weighted by atomic mass is 10.2. The van der Waals surface area contributed by atoms with Crippen molar-refractivity contribution in [3.05, 3.63) is 60.3 Å². The summed E-state index contributed by atoms with van der Waals surface area (Å²) in [6.07, 6.45) is 1.46. The Balaban J connectivity index is 1.98. The zero-order chi connectivity index (χ0) is 15.4. The fraction of sp³-hybridized carbons (Fsp3) is 0.154. The Morgan fingerprint density at radius 3 is 2.62 bits per heavy atom. The van der Waals surface area contributed by atoms with E-state index < -0.39 is 0 Å². The second-order valence-electron chi connectivity index (χ2n) is 4.17. The molecule has 0 atom stereocenters. The van der Waals surface area contributed by atoms with Gasteiger partial charge in [0.15, 0.2) is 0 Å². The Kier molecular flexibility index (Phi) is 5.55. The molecule has 1 N–H and O–H groups in total. The van der Waals surface area contributed by atoms with Crippen molar-refractivity contribution in [2.75, 3.05) is 0 Å². The minimum atomic E-state index is -0.369. The highest BCUT2D eigenvalue weighted by molar-refractivity contribution is 9.13. The van der Waals surface area contributed by atoms with Gasteiger partial charge in [-0.05, 0) is 49.6 Å². The summed E-state index contributed by atoms with van der Waals surface area (Å²) < 4.78 is 1.97. The van der Waals surface area contributed by atoms with Crippen LogP contribution in [0.4, 0.5) is 0 Å². The first-order valence-electron chi connectivity index (χ1n) is 5.89. The van der Waals surface area contributed by atoms with E-state index in [0.29, 0.717) is 20.5 Å². The number of benzene rings is 1. The van der Waals surface area contributed by atoms with Crippen LogP contribution >= 0.6 is 43.5 Å². The summed E-state index contributed by atoms with van der Waals surface area (Å²) >= 11 is 12.1. The van der Waals surface area contributed by atoms with Gasteiger partial charge in [0.2, 0.25) is 5.91 Å². The number of aromatic nitrogens is 2. The SMILES string of the molecule is O=C(Cn1ncc(Br)c(Br)c1=O)NCc1ccc(Cl)cc1. The van der Waals surface area contributed by atoms with E-state index in [4.69, 9.17) is 11.6 Å². The van der Waals surface area contributed by atoms with Crippen molar-refractivity contribution in [2.45, 2.75) is 13.1 Å². The Labute approximate surface area is 142 Å². The van der Waals surface area contributed by atoms with Crippen molar-refractivity contribution in [2.24, 2.45) is 0 Å². The van der Waals surface area contributed by atoms with E-state index in [1.54, 1.807) is 12.1 Å². The molecule has 1 amide bonds. The topological polar surface area (TPSA) is 64.0 Å². The number of carbonyl (C=O) groups excluding carboxylic acids is 1. The Bertz CT molecular complexity index is 716. The zero-order valence-electron chi connectivity index (χ0n) is 10.6. The Morgan fingerprint density at radius 2 is 1.95 bits per heavy atom. The Morgan fingerprint density at radius 1 is 1.29 bits per heavy atom. The molecule has 0 aliphatic heterocycles. The quantitative estimate of drug-likeness (QED) is 0.803. The highest BCUT2D eigenvalue weighted by Crippen LogP contribution is 2.16. The fourth-order valence-corrected chi connectivity index (χ4v) is 2.25. The van der Waals surface area contributed by atoms with Gasteiger partial charge >= 0.3 is 0 Å². The van der Waals surface area contributed by atoms with Crippen LogP contribution in [-0.2, 0) is 17.9 Å². The number of nitrogens with zero attached hydrogens (tertiary/aromatic N) is 2. The lowest BCUT2D eigenvalue weighted by molar-refractivity contribution is -0.122. The third-order valence-electron chi connectivity index (χ3n) is 2.64. The van der Waals surface area contributed by atoms with Gasteiger partial charge < -0.3 is 5.32 Å². The van der Waals surface area contributed by atoms with Gasteiger partial charge in [0.05, 0.1) is 10.7 Å². The van der Waals surface area contributed by atoms with E-state index in [-0.39, 0.29) is 18.0 Å². The van der Waals surface area contributed by atoms with Crippen LogP contribution in [0.1, 0.15) is 5.56 Å². The molecule has 1 aromatic heterocycles. The number of amides is 1. The van der Waals surface area contributed by atoms with Crippen LogP contribution in [0, 0.1) is 0 Å². The van der Waals surface area contributed by atoms with Gasteiger partial charge in [0.1, 0.15) is 11.0 Å². The highest BCUT2D eigenvalue weighted by atomic mass is 79.9. The summed E-state index contributed by atoms with van der Waals surface area (Å²) in [5.41, 5.74) is 0.552. The molecule has 0 aliphatic carbocycles. The molecule has 0 fully saturated rings. The lowest BCUT2D eigenvalue weighted by Crippen LogP contribution is -2.33. The molecule has 21 heavy (non-hydrogen) atoms. The van der Waals surface area contributed by atoms with Crippen LogP contribution in [0.3, 0.4) is 0 Å². The molecule has 8 heteroatoms. The van der Waals surface area contributed by atoms with E-state index in [2.05, 4.69) is 42.3 Å². The predicted molar refractivity (Wildman–Crippen MR) is 87.2 cm³/mol. The van der Waals surface area contributed by atoms with Gasteiger partial charge in [-0.3, -0.25) is 9.59 Å². The predicted octanol–water partition coefficient (Wildman–Crippen LogP) is 2.74. The first-order valence-corrected chi connectivity index (χ1v) is 7.86. The molecular formula is C13H10Br2ClN3O2. The summed E-state index contributed by atoms with van der Waals surface area (Å²) in [5.74, 6) is -0.297. The largest absolute Gasteiger partial charge is 0.350 e. The van der Waals surface area contributed by atoms with Crippen molar-refractivity contribution in [3.63, 3.8) is 0 Å². The summed E-state index contributed by atoms with van der Waals surface area (Å²) in [4.78, 5) is 23.7. The first-order chi connectivity index (χ1) is 9.97. The summed E-state index contributed by atoms with van der Waals surface area (Å²) in [7, 11) is 0. The van der Waals surface area contributed by atoms with E-state index in [0.717, 1.165) is 10.2 Å². The number of nitrogens with one attached hydrogen (secondary N) is 1. The molecular weight excluding hydrogens is 425 g/mol. The van der Waals surface area contributed by atoms with Crippen LogP contribution in [0.2, 0.25) is 5.02 Å². The molecule has 0 saturated heterocycles. The highest BCUT2D eigenvalue weighted by Gasteiger charge is 2.10. The number of hydrogen-bond acceptors (Lipinski definition) is 3. The number of rotatable bonds is 4. The van der Waals surface area contributed by atoms with Crippen molar-refractivity contribution in [1.82, 2.24) is 15.1 Å². The van der Waals surface area contributed by atoms with Crippen LogP contribution in [0.5, 0.6) is 0 Å². The molecule has 0 aliphatic rings. The van der Waals surface area contributed by atoms with Crippen molar-refractivity contribution in [1.29, 1.82) is 0 Å². The fourth-order valence-electron chi connectivity index (χ4n) is 1.55. The minimum absolute atomic E-state index is 0.141. The smallest absolute Gasteiger partial charge is 0.282 e. The van der Waals surface area contributed by atoms with Crippen molar-refractivity contribution < 1.29 is 4.79 Å². The molecule has 1 aromatic carbocycles.